The van der Waals surface area contributed by atoms with E-state index >= 15 is 0 Å². The monoisotopic (exact) mass is 344 g/mol. The van der Waals surface area contributed by atoms with Gasteiger partial charge in [0.25, 0.3) is 5.69 Å². The number of carbonyl (C=O) groups excluding carboxylic acids is 1. The quantitative estimate of drug-likeness (QED) is 0.515. The summed E-state index contributed by atoms with van der Waals surface area (Å²) < 4.78 is 0. The first-order valence-electron chi connectivity index (χ1n) is 7.37. The lowest BCUT2D eigenvalue weighted by atomic mass is 10.0. The third-order valence-electron chi connectivity index (χ3n) is 3.55. The standard InChI is InChI=1S/C17H16N2O6/c20-14(10-11-4-2-1-3-5-11)18-15(17(22)23)16(21)12-6-8-13(9-7-12)19(24)25/h1-9,15-16,21H,10H2,(H,18,20)(H,22,23)/t15-,16-/m1/s1. The fourth-order valence-corrected chi connectivity index (χ4v) is 2.27. The van der Waals surface area contributed by atoms with Crippen LogP contribution < -0.4 is 5.32 Å². The van der Waals surface area contributed by atoms with E-state index < -0.39 is 28.9 Å². The van der Waals surface area contributed by atoms with E-state index in [4.69, 9.17) is 0 Å². The van der Waals surface area contributed by atoms with Crippen molar-refractivity contribution in [2.45, 2.75) is 18.6 Å². The van der Waals surface area contributed by atoms with Gasteiger partial charge < -0.3 is 15.5 Å². The number of nitrogens with zero attached hydrogens (tertiary/aromatic N) is 1. The number of aliphatic carboxylic acids is 1. The lowest BCUT2D eigenvalue weighted by Gasteiger charge is -2.20. The van der Waals surface area contributed by atoms with Crippen LogP contribution in [0.3, 0.4) is 0 Å². The summed E-state index contributed by atoms with van der Waals surface area (Å²) in [6.45, 7) is 0. The van der Waals surface area contributed by atoms with E-state index in [2.05, 4.69) is 5.32 Å². The molecule has 0 aliphatic heterocycles. The van der Waals surface area contributed by atoms with Crippen LogP contribution in [0.25, 0.3) is 0 Å². The number of nitrogens with one attached hydrogen (secondary N) is 1. The third-order valence-corrected chi connectivity index (χ3v) is 3.55. The number of hydrogen-bond donors (Lipinski definition) is 3. The normalized spacial score (nSPS) is 12.8. The van der Waals surface area contributed by atoms with E-state index in [1.54, 1.807) is 30.3 Å². The number of rotatable bonds is 7. The van der Waals surface area contributed by atoms with Crippen molar-refractivity contribution < 1.29 is 24.7 Å². The van der Waals surface area contributed by atoms with Gasteiger partial charge in [0.1, 0.15) is 6.10 Å². The Hall–Kier alpha value is -3.26. The summed E-state index contributed by atoms with van der Waals surface area (Å²) in [6.07, 6.45) is -1.57. The van der Waals surface area contributed by atoms with Gasteiger partial charge in [-0.1, -0.05) is 30.3 Å². The molecular formula is C17H16N2O6. The first-order valence-corrected chi connectivity index (χ1v) is 7.37. The van der Waals surface area contributed by atoms with Crippen LogP contribution in [0.2, 0.25) is 0 Å². The molecule has 2 aromatic rings. The van der Waals surface area contributed by atoms with Gasteiger partial charge in [0.2, 0.25) is 5.91 Å². The van der Waals surface area contributed by atoms with Crippen LogP contribution >= 0.6 is 0 Å². The van der Waals surface area contributed by atoms with Gasteiger partial charge in [-0.15, -0.1) is 0 Å². The average Bonchev–Trinajstić information content (AvgIpc) is 2.60. The predicted molar refractivity (Wildman–Crippen MR) is 87.8 cm³/mol. The number of aliphatic hydroxyl groups excluding tert-OH is 1. The molecule has 0 saturated carbocycles. The number of carbonyl (C=O) groups is 2. The van der Waals surface area contributed by atoms with Gasteiger partial charge in [-0.25, -0.2) is 4.79 Å². The molecular weight excluding hydrogens is 328 g/mol. The lowest BCUT2D eigenvalue weighted by molar-refractivity contribution is -0.384. The molecule has 25 heavy (non-hydrogen) atoms. The highest BCUT2D eigenvalue weighted by Gasteiger charge is 2.29. The van der Waals surface area contributed by atoms with Gasteiger partial charge in [0.05, 0.1) is 11.3 Å². The molecule has 0 saturated heterocycles. The van der Waals surface area contributed by atoms with E-state index in [0.29, 0.717) is 5.56 Å². The number of carboxylic acids is 1. The van der Waals surface area contributed by atoms with E-state index in [-0.39, 0.29) is 17.7 Å². The maximum atomic E-state index is 12.0. The second-order valence-electron chi connectivity index (χ2n) is 5.34. The summed E-state index contributed by atoms with van der Waals surface area (Å²) >= 11 is 0. The van der Waals surface area contributed by atoms with Crippen LogP contribution in [0.1, 0.15) is 17.2 Å². The Bertz CT molecular complexity index is 760. The number of hydrogen-bond acceptors (Lipinski definition) is 5. The Balaban J connectivity index is 2.09. The second kappa shape index (κ2) is 8.02. The molecule has 0 fully saturated rings. The molecule has 0 radical (unpaired) electrons. The number of non-ortho nitro benzene ring substituents is 1. The van der Waals surface area contributed by atoms with Gasteiger partial charge in [0.15, 0.2) is 6.04 Å². The van der Waals surface area contributed by atoms with Crippen LogP contribution in [-0.2, 0) is 16.0 Å². The first kappa shape index (κ1) is 18.1. The fraction of sp³-hybridized carbons (Fsp3) is 0.176. The minimum absolute atomic E-state index is 0.0302. The predicted octanol–water partition coefficient (Wildman–Crippen LogP) is 1.44. The molecule has 0 spiro atoms. The SMILES string of the molecule is O=C(Cc1ccccc1)N[C@@H](C(=O)O)[C@H](O)c1ccc([N+](=O)[O-])cc1. The highest BCUT2D eigenvalue weighted by Crippen LogP contribution is 2.21. The Morgan fingerprint density at radius 1 is 1.08 bits per heavy atom. The molecule has 0 heterocycles. The fourth-order valence-electron chi connectivity index (χ4n) is 2.27. The van der Waals surface area contributed by atoms with Gasteiger partial charge in [-0.05, 0) is 23.3 Å². The molecule has 130 valence electrons. The summed E-state index contributed by atoms with van der Waals surface area (Å²) in [5.74, 6) is -1.97. The van der Waals surface area contributed by atoms with Crippen molar-refractivity contribution >= 4 is 17.6 Å². The van der Waals surface area contributed by atoms with Crippen LogP contribution in [0.15, 0.2) is 54.6 Å². The largest absolute Gasteiger partial charge is 0.480 e. The van der Waals surface area contributed by atoms with Crippen LogP contribution in [0.5, 0.6) is 0 Å². The summed E-state index contributed by atoms with van der Waals surface area (Å²) in [5, 5.41) is 32.4. The molecule has 2 aromatic carbocycles. The minimum Gasteiger partial charge on any atom is -0.480 e. The Labute approximate surface area is 142 Å². The number of aliphatic hydroxyl groups is 1. The van der Waals surface area contributed by atoms with Gasteiger partial charge in [0, 0.05) is 12.1 Å². The van der Waals surface area contributed by atoms with Crippen molar-refractivity contribution in [3.8, 4) is 0 Å². The second-order valence-corrected chi connectivity index (χ2v) is 5.34. The highest BCUT2D eigenvalue weighted by atomic mass is 16.6. The zero-order valence-electron chi connectivity index (χ0n) is 13.0. The first-order chi connectivity index (χ1) is 11.9. The Morgan fingerprint density at radius 2 is 1.68 bits per heavy atom. The number of nitro benzene ring substituents is 1. The molecule has 0 aromatic heterocycles. The zero-order chi connectivity index (χ0) is 18.4. The summed E-state index contributed by atoms with van der Waals surface area (Å²) in [4.78, 5) is 33.5. The third kappa shape index (κ3) is 4.85. The number of carboxylic acid groups (broad SMARTS) is 1. The van der Waals surface area contributed by atoms with Crippen molar-refractivity contribution in [2.75, 3.05) is 0 Å². The van der Waals surface area contributed by atoms with Crippen LogP contribution in [0, 0.1) is 10.1 Å². The Kier molecular flexibility index (Phi) is 5.80. The van der Waals surface area contributed by atoms with E-state index in [1.807, 2.05) is 0 Å². The van der Waals surface area contributed by atoms with E-state index in [0.717, 1.165) is 12.1 Å². The number of benzene rings is 2. The molecule has 0 aliphatic rings. The summed E-state index contributed by atoms with van der Waals surface area (Å²) in [7, 11) is 0. The lowest BCUT2D eigenvalue weighted by Crippen LogP contribution is -2.45. The maximum absolute atomic E-state index is 12.0. The summed E-state index contributed by atoms with van der Waals surface area (Å²) in [6, 6.07) is 12.0. The van der Waals surface area contributed by atoms with Crippen molar-refractivity contribution in [3.63, 3.8) is 0 Å². The van der Waals surface area contributed by atoms with Crippen molar-refractivity contribution in [2.24, 2.45) is 0 Å². The average molecular weight is 344 g/mol. The van der Waals surface area contributed by atoms with E-state index in [9.17, 15) is 29.9 Å². The Morgan fingerprint density at radius 3 is 2.20 bits per heavy atom. The van der Waals surface area contributed by atoms with Crippen molar-refractivity contribution in [1.29, 1.82) is 0 Å². The molecule has 2 rings (SSSR count). The topological polar surface area (TPSA) is 130 Å². The van der Waals surface area contributed by atoms with Crippen molar-refractivity contribution in [1.82, 2.24) is 5.32 Å². The molecule has 0 aliphatic carbocycles. The van der Waals surface area contributed by atoms with Crippen LogP contribution in [-0.4, -0.2) is 33.1 Å². The molecule has 1 amide bonds. The van der Waals surface area contributed by atoms with Gasteiger partial charge >= 0.3 is 5.97 Å². The minimum atomic E-state index is -1.57. The summed E-state index contributed by atoms with van der Waals surface area (Å²) in [5.41, 5.74) is 0.669. The van der Waals surface area contributed by atoms with Gasteiger partial charge in [-0.2, -0.15) is 0 Å². The molecule has 3 N–H and O–H groups in total. The molecule has 8 nitrogen and oxygen atoms in total. The molecule has 0 unspecified atom stereocenters. The highest BCUT2D eigenvalue weighted by molar-refractivity contribution is 5.85. The van der Waals surface area contributed by atoms with Gasteiger partial charge in [-0.3, -0.25) is 14.9 Å². The number of nitro groups is 1. The zero-order valence-corrected chi connectivity index (χ0v) is 13.0. The molecule has 2 atom stereocenters. The van der Waals surface area contributed by atoms with Crippen molar-refractivity contribution in [3.05, 3.63) is 75.8 Å². The van der Waals surface area contributed by atoms with Crippen LogP contribution in [0.4, 0.5) is 5.69 Å². The number of amides is 1. The molecule has 8 heteroatoms. The maximum Gasteiger partial charge on any atom is 0.329 e. The molecule has 0 bridgehead atoms. The smallest absolute Gasteiger partial charge is 0.329 e. The van der Waals surface area contributed by atoms with E-state index in [1.165, 1.54) is 12.1 Å².